The van der Waals surface area contributed by atoms with Crippen LogP contribution >= 0.6 is 0 Å². The monoisotopic (exact) mass is 135 g/mol. The smallest absolute Gasteiger partial charge is 0.0320 e. The molecule has 2 rings (SSSR count). The third kappa shape index (κ3) is 0.859. The van der Waals surface area contributed by atoms with E-state index in [9.17, 15) is 0 Å². The van der Waals surface area contributed by atoms with Gasteiger partial charge in [-0.3, -0.25) is 0 Å². The summed E-state index contributed by atoms with van der Waals surface area (Å²) in [5.74, 6) is 1.77. The van der Waals surface area contributed by atoms with Crippen LogP contribution in [0.2, 0.25) is 0 Å². The first-order valence-electron chi connectivity index (χ1n) is 3.85. The maximum absolute atomic E-state index is 2.38. The molecular weight excluding hydrogens is 122 g/mol. The summed E-state index contributed by atoms with van der Waals surface area (Å²) in [6, 6.07) is 0. The Morgan fingerprint density at radius 1 is 1.40 bits per heavy atom. The number of hydrogen-bond donors (Lipinski definition) is 0. The van der Waals surface area contributed by atoms with Crippen LogP contribution in [0.3, 0.4) is 0 Å². The second kappa shape index (κ2) is 1.88. The lowest BCUT2D eigenvalue weighted by atomic mass is 10.1. The number of allylic oxidation sites excluding steroid dienone is 3. The zero-order valence-corrected chi connectivity index (χ0v) is 6.54. The fourth-order valence-corrected chi connectivity index (χ4v) is 1.44. The lowest BCUT2D eigenvalue weighted by Gasteiger charge is -2.15. The maximum Gasteiger partial charge on any atom is 0.0320 e. The van der Waals surface area contributed by atoms with E-state index in [0.717, 1.165) is 11.8 Å². The van der Waals surface area contributed by atoms with Crippen LogP contribution in [0, 0.1) is 11.8 Å². The number of nitrogens with zero attached hydrogens (tertiary/aromatic N) is 1. The van der Waals surface area contributed by atoms with Crippen molar-refractivity contribution in [2.24, 2.45) is 11.8 Å². The van der Waals surface area contributed by atoms with Crippen LogP contribution < -0.4 is 0 Å². The molecule has 0 N–H and O–H groups in total. The minimum atomic E-state index is 0.877. The van der Waals surface area contributed by atoms with Crippen LogP contribution in [0.25, 0.3) is 0 Å². The predicted octanol–water partition coefficient (Wildman–Crippen LogP) is 1.64. The molecule has 0 heterocycles. The largest absolute Gasteiger partial charge is 0.378 e. The summed E-state index contributed by atoms with van der Waals surface area (Å²) in [5, 5.41) is 0. The first-order chi connectivity index (χ1) is 4.77. The summed E-state index contributed by atoms with van der Waals surface area (Å²) < 4.78 is 0. The van der Waals surface area contributed by atoms with Crippen LogP contribution in [-0.4, -0.2) is 19.0 Å². The second-order valence-corrected chi connectivity index (χ2v) is 3.41. The van der Waals surface area contributed by atoms with E-state index in [1.807, 2.05) is 0 Å². The highest BCUT2D eigenvalue weighted by Crippen LogP contribution is 2.44. The van der Waals surface area contributed by atoms with Gasteiger partial charge in [-0.2, -0.15) is 0 Å². The van der Waals surface area contributed by atoms with Crippen molar-refractivity contribution in [3.63, 3.8) is 0 Å². The van der Waals surface area contributed by atoms with E-state index < -0.39 is 0 Å². The summed E-state index contributed by atoms with van der Waals surface area (Å²) >= 11 is 0. The molecule has 0 saturated heterocycles. The molecule has 1 fully saturated rings. The van der Waals surface area contributed by atoms with Gasteiger partial charge in [-0.15, -0.1) is 0 Å². The van der Waals surface area contributed by atoms with Gasteiger partial charge in [-0.05, 0) is 24.3 Å². The van der Waals surface area contributed by atoms with Crippen molar-refractivity contribution in [2.45, 2.75) is 6.42 Å². The number of fused-ring (bicyclic) bond motifs is 1. The molecular formula is C9H13N. The molecule has 0 spiro atoms. The highest BCUT2D eigenvalue weighted by atomic mass is 15.1. The van der Waals surface area contributed by atoms with Gasteiger partial charge < -0.3 is 4.90 Å². The van der Waals surface area contributed by atoms with E-state index in [2.05, 4.69) is 37.2 Å². The van der Waals surface area contributed by atoms with Crippen LogP contribution in [0.5, 0.6) is 0 Å². The quantitative estimate of drug-likeness (QED) is 0.528. The van der Waals surface area contributed by atoms with Crippen molar-refractivity contribution in [2.75, 3.05) is 14.1 Å². The molecule has 0 aromatic heterocycles. The molecule has 54 valence electrons. The van der Waals surface area contributed by atoms with Gasteiger partial charge in [0.2, 0.25) is 0 Å². The molecule has 0 bridgehead atoms. The molecule has 2 aliphatic carbocycles. The molecule has 0 radical (unpaired) electrons. The Hall–Kier alpha value is -0.720. The molecule has 0 aliphatic heterocycles. The van der Waals surface area contributed by atoms with Gasteiger partial charge in [-0.1, -0.05) is 12.2 Å². The number of hydrogen-bond acceptors (Lipinski definition) is 1. The van der Waals surface area contributed by atoms with Gasteiger partial charge in [0.1, 0.15) is 0 Å². The zero-order valence-electron chi connectivity index (χ0n) is 6.54. The van der Waals surface area contributed by atoms with E-state index in [4.69, 9.17) is 0 Å². The van der Waals surface area contributed by atoms with Gasteiger partial charge in [0.15, 0.2) is 0 Å². The zero-order chi connectivity index (χ0) is 7.14. The standard InChI is InChI=1S/C9H13N/c1-10(2)9-4-3-7-5-8(7)6-9/h3-4,6-8H,5H2,1-2H3. The summed E-state index contributed by atoms with van der Waals surface area (Å²) in [7, 11) is 4.19. The van der Waals surface area contributed by atoms with Crippen molar-refractivity contribution in [3.8, 4) is 0 Å². The maximum atomic E-state index is 2.38. The van der Waals surface area contributed by atoms with Crippen LogP contribution in [0.4, 0.5) is 0 Å². The second-order valence-electron chi connectivity index (χ2n) is 3.41. The molecule has 2 aliphatic rings. The molecule has 1 saturated carbocycles. The van der Waals surface area contributed by atoms with Gasteiger partial charge >= 0.3 is 0 Å². The molecule has 10 heavy (non-hydrogen) atoms. The van der Waals surface area contributed by atoms with E-state index in [1.54, 1.807) is 0 Å². The average Bonchev–Trinajstić information content (AvgIpc) is 2.63. The molecule has 2 unspecified atom stereocenters. The topological polar surface area (TPSA) is 3.24 Å². The minimum Gasteiger partial charge on any atom is -0.378 e. The summed E-state index contributed by atoms with van der Waals surface area (Å²) in [6.45, 7) is 0. The minimum absolute atomic E-state index is 0.877. The van der Waals surface area contributed by atoms with Gasteiger partial charge in [0.25, 0.3) is 0 Å². The SMILES string of the molecule is CN(C)C1=CC2CC2C=C1. The normalized spacial score (nSPS) is 34.8. The van der Waals surface area contributed by atoms with Crippen molar-refractivity contribution < 1.29 is 0 Å². The third-order valence-corrected chi connectivity index (χ3v) is 2.31. The van der Waals surface area contributed by atoms with Crippen LogP contribution in [-0.2, 0) is 0 Å². The Morgan fingerprint density at radius 2 is 2.20 bits per heavy atom. The Bertz CT molecular complexity index is 201. The summed E-state index contributed by atoms with van der Waals surface area (Å²) in [4.78, 5) is 2.17. The predicted molar refractivity (Wildman–Crippen MR) is 42.5 cm³/mol. The summed E-state index contributed by atoms with van der Waals surface area (Å²) in [6.07, 6.45) is 8.33. The first-order valence-corrected chi connectivity index (χ1v) is 3.85. The van der Waals surface area contributed by atoms with Gasteiger partial charge in [0.05, 0.1) is 0 Å². The molecule has 0 aromatic carbocycles. The van der Waals surface area contributed by atoms with Crippen molar-refractivity contribution in [1.82, 2.24) is 4.90 Å². The Kier molecular flexibility index (Phi) is 1.13. The molecule has 0 amide bonds. The van der Waals surface area contributed by atoms with Gasteiger partial charge in [-0.25, -0.2) is 0 Å². The van der Waals surface area contributed by atoms with Crippen LogP contribution in [0.15, 0.2) is 23.9 Å². The first kappa shape index (κ1) is 6.02. The molecule has 1 nitrogen and oxygen atoms in total. The molecule has 0 aromatic rings. The fourth-order valence-electron chi connectivity index (χ4n) is 1.44. The van der Waals surface area contributed by atoms with Crippen molar-refractivity contribution >= 4 is 0 Å². The van der Waals surface area contributed by atoms with Gasteiger partial charge in [0, 0.05) is 19.8 Å². The lowest BCUT2D eigenvalue weighted by molar-refractivity contribution is 0.522. The van der Waals surface area contributed by atoms with Crippen molar-refractivity contribution in [1.29, 1.82) is 0 Å². The summed E-state index contributed by atoms with van der Waals surface area (Å²) in [5.41, 5.74) is 1.37. The average molecular weight is 135 g/mol. The Labute approximate surface area is 62.0 Å². The Balaban J connectivity index is 2.16. The van der Waals surface area contributed by atoms with Crippen molar-refractivity contribution in [3.05, 3.63) is 23.9 Å². The van der Waals surface area contributed by atoms with Crippen LogP contribution in [0.1, 0.15) is 6.42 Å². The number of likely N-dealkylation sites (N-methyl/N-ethyl adjacent to an activating group) is 1. The molecule has 1 heteroatoms. The van der Waals surface area contributed by atoms with E-state index in [1.165, 1.54) is 12.1 Å². The third-order valence-electron chi connectivity index (χ3n) is 2.31. The highest BCUT2D eigenvalue weighted by Gasteiger charge is 2.35. The number of rotatable bonds is 1. The molecule has 2 atom stereocenters. The van der Waals surface area contributed by atoms with E-state index >= 15 is 0 Å². The highest BCUT2D eigenvalue weighted by molar-refractivity contribution is 5.29. The fraction of sp³-hybridized carbons (Fsp3) is 0.556. The Morgan fingerprint density at radius 3 is 2.80 bits per heavy atom. The lowest BCUT2D eigenvalue weighted by Crippen LogP contribution is -2.10. The van der Waals surface area contributed by atoms with E-state index in [0.29, 0.717) is 0 Å². The van der Waals surface area contributed by atoms with E-state index in [-0.39, 0.29) is 0 Å².